The molecule has 0 bridgehead atoms. The summed E-state index contributed by atoms with van der Waals surface area (Å²) in [5.74, 6) is 0. The van der Waals surface area contributed by atoms with Gasteiger partial charge in [-0.25, -0.2) is 0 Å². The highest BCUT2D eigenvalue weighted by molar-refractivity contribution is 5.40. The van der Waals surface area contributed by atoms with E-state index < -0.39 is 0 Å². The van der Waals surface area contributed by atoms with Gasteiger partial charge in [0, 0.05) is 24.2 Å². The van der Waals surface area contributed by atoms with Crippen LogP contribution < -0.4 is 5.32 Å². The van der Waals surface area contributed by atoms with Crippen molar-refractivity contribution in [3.8, 4) is 0 Å². The van der Waals surface area contributed by atoms with Crippen LogP contribution in [0.1, 0.15) is 35.6 Å². The molecule has 0 aromatic heterocycles. The molecule has 0 aliphatic heterocycles. The number of hydrogen-bond acceptors (Lipinski definition) is 3. The zero-order valence-electron chi connectivity index (χ0n) is 11.8. The van der Waals surface area contributed by atoms with Crippen LogP contribution in [-0.2, 0) is 13.0 Å². The number of rotatable bonds is 4. The van der Waals surface area contributed by atoms with Gasteiger partial charge < -0.3 is 5.32 Å². The number of nitrogens with zero attached hydrogens (tertiary/aromatic N) is 1. The summed E-state index contributed by atoms with van der Waals surface area (Å²) in [7, 11) is 0. The van der Waals surface area contributed by atoms with Crippen LogP contribution in [0.3, 0.4) is 0 Å². The summed E-state index contributed by atoms with van der Waals surface area (Å²) >= 11 is 0. The number of benzene rings is 2. The van der Waals surface area contributed by atoms with Crippen LogP contribution >= 0.6 is 0 Å². The topological polar surface area (TPSA) is 55.2 Å². The fraction of sp³-hybridized carbons (Fsp3) is 0.294. The Balaban J connectivity index is 1.76. The zero-order valence-corrected chi connectivity index (χ0v) is 11.8. The third-order valence-corrected chi connectivity index (χ3v) is 4.10. The van der Waals surface area contributed by atoms with E-state index in [1.54, 1.807) is 12.1 Å². The Hall–Kier alpha value is -2.20. The molecule has 0 saturated carbocycles. The number of para-hydroxylation sites is 1. The lowest BCUT2D eigenvalue weighted by atomic mass is 9.87. The van der Waals surface area contributed by atoms with Gasteiger partial charge in [-0.15, -0.1) is 0 Å². The summed E-state index contributed by atoms with van der Waals surface area (Å²) in [4.78, 5) is 10.7. The van der Waals surface area contributed by atoms with Crippen LogP contribution in [0.5, 0.6) is 0 Å². The first kappa shape index (κ1) is 13.8. The molecule has 0 amide bonds. The van der Waals surface area contributed by atoms with Gasteiger partial charge in [0.25, 0.3) is 5.69 Å². The van der Waals surface area contributed by atoms with Crippen LogP contribution in [0.4, 0.5) is 5.69 Å². The van der Waals surface area contributed by atoms with Crippen molar-refractivity contribution in [3.63, 3.8) is 0 Å². The van der Waals surface area contributed by atoms with Crippen molar-refractivity contribution >= 4 is 5.69 Å². The standard InChI is InChI=1S/C17H18N2O2/c20-19(21)17-11-4-2-7-14(17)12-18-16-10-5-8-13-6-1-3-9-15(13)16/h1-4,6-7,9,11,16,18H,5,8,10,12H2/t16-/m1/s1. The highest BCUT2D eigenvalue weighted by Crippen LogP contribution is 2.30. The highest BCUT2D eigenvalue weighted by Gasteiger charge is 2.20. The molecule has 0 unspecified atom stereocenters. The van der Waals surface area contributed by atoms with Crippen molar-refractivity contribution in [3.05, 3.63) is 75.3 Å². The average molecular weight is 282 g/mol. The number of aryl methyl sites for hydroxylation is 1. The van der Waals surface area contributed by atoms with E-state index >= 15 is 0 Å². The Morgan fingerprint density at radius 1 is 1.14 bits per heavy atom. The molecule has 0 fully saturated rings. The minimum atomic E-state index is -0.314. The minimum absolute atomic E-state index is 0.189. The second-order valence-corrected chi connectivity index (χ2v) is 5.41. The van der Waals surface area contributed by atoms with Crippen LogP contribution in [0.15, 0.2) is 48.5 Å². The first-order chi connectivity index (χ1) is 10.3. The van der Waals surface area contributed by atoms with Crippen LogP contribution in [0.2, 0.25) is 0 Å². The molecular formula is C17H18N2O2. The SMILES string of the molecule is O=[N+]([O-])c1ccccc1CN[C@@H]1CCCc2ccccc21. The van der Waals surface area contributed by atoms with E-state index in [0.717, 1.165) is 24.8 Å². The normalized spacial score (nSPS) is 17.2. The maximum atomic E-state index is 11.0. The average Bonchev–Trinajstić information content (AvgIpc) is 2.53. The van der Waals surface area contributed by atoms with E-state index in [2.05, 4.69) is 29.6 Å². The number of nitro benzene ring substituents is 1. The zero-order chi connectivity index (χ0) is 14.7. The Bertz CT molecular complexity index is 655. The van der Waals surface area contributed by atoms with Gasteiger partial charge >= 0.3 is 0 Å². The molecule has 3 rings (SSSR count). The molecule has 0 heterocycles. The van der Waals surface area contributed by atoms with E-state index in [0.29, 0.717) is 6.54 Å². The first-order valence-electron chi connectivity index (χ1n) is 7.29. The summed E-state index contributed by atoms with van der Waals surface area (Å²) < 4.78 is 0. The summed E-state index contributed by atoms with van der Waals surface area (Å²) in [6.45, 7) is 0.524. The van der Waals surface area contributed by atoms with Crippen LogP contribution in [0.25, 0.3) is 0 Å². The van der Waals surface area contributed by atoms with Gasteiger partial charge in [-0.2, -0.15) is 0 Å². The van der Waals surface area contributed by atoms with Gasteiger partial charge in [0.15, 0.2) is 0 Å². The first-order valence-corrected chi connectivity index (χ1v) is 7.29. The quantitative estimate of drug-likeness (QED) is 0.686. The Kier molecular flexibility index (Phi) is 3.97. The number of nitrogens with one attached hydrogen (secondary N) is 1. The lowest BCUT2D eigenvalue weighted by Gasteiger charge is -2.26. The van der Waals surface area contributed by atoms with Crippen LogP contribution in [0, 0.1) is 10.1 Å². The fourth-order valence-corrected chi connectivity index (χ4v) is 3.04. The molecule has 0 spiro atoms. The molecule has 21 heavy (non-hydrogen) atoms. The van der Waals surface area contributed by atoms with E-state index in [9.17, 15) is 10.1 Å². The lowest BCUT2D eigenvalue weighted by Crippen LogP contribution is -2.25. The van der Waals surface area contributed by atoms with Gasteiger partial charge in [0.2, 0.25) is 0 Å². The number of nitro groups is 1. The molecule has 4 heteroatoms. The number of hydrogen-bond donors (Lipinski definition) is 1. The molecule has 1 atom stereocenters. The predicted molar refractivity (Wildman–Crippen MR) is 82.1 cm³/mol. The molecule has 1 N–H and O–H groups in total. The van der Waals surface area contributed by atoms with Gasteiger partial charge in [-0.1, -0.05) is 42.5 Å². The Morgan fingerprint density at radius 2 is 1.90 bits per heavy atom. The second-order valence-electron chi connectivity index (χ2n) is 5.41. The van der Waals surface area contributed by atoms with Crippen molar-refractivity contribution in [2.24, 2.45) is 0 Å². The summed E-state index contributed by atoms with van der Waals surface area (Å²) in [5, 5.41) is 14.5. The Labute approximate surface area is 124 Å². The molecule has 1 aliphatic rings. The lowest BCUT2D eigenvalue weighted by molar-refractivity contribution is -0.385. The summed E-state index contributed by atoms with van der Waals surface area (Å²) in [6.07, 6.45) is 3.36. The molecule has 4 nitrogen and oxygen atoms in total. The summed E-state index contributed by atoms with van der Waals surface area (Å²) in [5.41, 5.74) is 3.66. The second kappa shape index (κ2) is 6.06. The smallest absolute Gasteiger partial charge is 0.273 e. The van der Waals surface area contributed by atoms with E-state index in [4.69, 9.17) is 0 Å². The van der Waals surface area contributed by atoms with Gasteiger partial charge in [-0.05, 0) is 30.4 Å². The van der Waals surface area contributed by atoms with Gasteiger partial charge in [0.1, 0.15) is 0 Å². The van der Waals surface area contributed by atoms with E-state index in [-0.39, 0.29) is 16.7 Å². The molecule has 2 aromatic carbocycles. The van der Waals surface area contributed by atoms with Crippen LogP contribution in [-0.4, -0.2) is 4.92 Å². The third kappa shape index (κ3) is 2.95. The predicted octanol–water partition coefficient (Wildman–Crippen LogP) is 3.76. The van der Waals surface area contributed by atoms with Crippen molar-refractivity contribution < 1.29 is 4.92 Å². The minimum Gasteiger partial charge on any atom is -0.306 e. The maximum absolute atomic E-state index is 11.0. The van der Waals surface area contributed by atoms with E-state index in [1.165, 1.54) is 11.1 Å². The van der Waals surface area contributed by atoms with Crippen molar-refractivity contribution in [1.82, 2.24) is 5.32 Å². The van der Waals surface area contributed by atoms with Crippen molar-refractivity contribution in [2.75, 3.05) is 0 Å². The highest BCUT2D eigenvalue weighted by atomic mass is 16.6. The fourth-order valence-electron chi connectivity index (χ4n) is 3.04. The molecule has 1 aliphatic carbocycles. The van der Waals surface area contributed by atoms with Crippen molar-refractivity contribution in [1.29, 1.82) is 0 Å². The van der Waals surface area contributed by atoms with E-state index in [1.807, 2.05) is 12.1 Å². The maximum Gasteiger partial charge on any atom is 0.273 e. The van der Waals surface area contributed by atoms with Gasteiger partial charge in [0.05, 0.1) is 4.92 Å². The Morgan fingerprint density at radius 3 is 2.76 bits per heavy atom. The number of fused-ring (bicyclic) bond motifs is 1. The molecular weight excluding hydrogens is 264 g/mol. The monoisotopic (exact) mass is 282 g/mol. The molecule has 0 radical (unpaired) electrons. The largest absolute Gasteiger partial charge is 0.306 e. The molecule has 108 valence electrons. The molecule has 0 saturated heterocycles. The summed E-state index contributed by atoms with van der Waals surface area (Å²) in [6, 6.07) is 15.7. The van der Waals surface area contributed by atoms with Crippen molar-refractivity contribution in [2.45, 2.75) is 31.8 Å². The van der Waals surface area contributed by atoms with Gasteiger partial charge in [-0.3, -0.25) is 10.1 Å². The third-order valence-electron chi connectivity index (χ3n) is 4.10. The molecule has 2 aromatic rings.